The molecule has 2 rings (SSSR count). The van der Waals surface area contributed by atoms with E-state index in [1.807, 2.05) is 0 Å². The normalized spacial score (nSPS) is 14.3. The maximum atomic E-state index is 11.7. The summed E-state index contributed by atoms with van der Waals surface area (Å²) in [5, 5.41) is 0. The number of pyridine rings is 1. The molecule has 92 valence electrons. The molecule has 0 aliphatic carbocycles. The Morgan fingerprint density at radius 2 is 2.28 bits per heavy atom. The Morgan fingerprint density at radius 3 is 3.06 bits per heavy atom. The molecular formula is C11H10BrN5O. The van der Waals surface area contributed by atoms with E-state index in [4.69, 9.17) is 0 Å². The number of hydrogen-bond acceptors (Lipinski definition) is 5. The van der Waals surface area contributed by atoms with Crippen LogP contribution in [0.15, 0.2) is 45.1 Å². The van der Waals surface area contributed by atoms with Crippen LogP contribution in [0.25, 0.3) is 0 Å². The highest BCUT2D eigenvalue weighted by Crippen LogP contribution is 2.10. The largest absolute Gasteiger partial charge is 0.288 e. The highest BCUT2D eigenvalue weighted by molar-refractivity contribution is 9.11. The average Bonchev–Trinajstić information content (AvgIpc) is 2.62. The van der Waals surface area contributed by atoms with Crippen molar-refractivity contribution < 1.29 is 4.79 Å². The van der Waals surface area contributed by atoms with E-state index in [0.717, 1.165) is 4.48 Å². The van der Waals surface area contributed by atoms with Gasteiger partial charge < -0.3 is 0 Å². The summed E-state index contributed by atoms with van der Waals surface area (Å²) in [6.07, 6.45) is 5.54. The quantitative estimate of drug-likeness (QED) is 0.769. The van der Waals surface area contributed by atoms with Gasteiger partial charge in [-0.05, 0) is 12.1 Å². The number of nitrogens with one attached hydrogen (secondary N) is 2. The fourth-order valence-electron chi connectivity index (χ4n) is 1.17. The standard InChI is InChI=1S/C11H10BrN5O/c12-8-4-6-14-11(15-7-8)17-16-10(18)9-3-1-2-5-13-9/h1-3,5-7H,4H2,(H,15,17)(H,16,18). The highest BCUT2D eigenvalue weighted by Gasteiger charge is 2.06. The summed E-state index contributed by atoms with van der Waals surface area (Å²) in [4.78, 5) is 23.7. The van der Waals surface area contributed by atoms with E-state index in [1.54, 1.807) is 36.8 Å². The Labute approximate surface area is 112 Å². The van der Waals surface area contributed by atoms with Crippen LogP contribution in [0.4, 0.5) is 0 Å². The molecule has 0 fully saturated rings. The molecule has 2 heterocycles. The predicted molar refractivity (Wildman–Crippen MR) is 72.4 cm³/mol. The molecule has 0 saturated carbocycles. The zero-order valence-electron chi connectivity index (χ0n) is 9.30. The number of rotatable bonds is 1. The third kappa shape index (κ3) is 3.49. The van der Waals surface area contributed by atoms with Crippen LogP contribution in [-0.2, 0) is 0 Å². The van der Waals surface area contributed by atoms with Gasteiger partial charge >= 0.3 is 0 Å². The summed E-state index contributed by atoms with van der Waals surface area (Å²) >= 11 is 3.32. The van der Waals surface area contributed by atoms with Crippen molar-refractivity contribution in [1.29, 1.82) is 0 Å². The summed E-state index contributed by atoms with van der Waals surface area (Å²) in [5.74, 6) is -0.0328. The molecule has 0 radical (unpaired) electrons. The fourth-order valence-corrected chi connectivity index (χ4v) is 1.42. The van der Waals surface area contributed by atoms with Crippen LogP contribution >= 0.6 is 15.9 Å². The van der Waals surface area contributed by atoms with Crippen LogP contribution < -0.4 is 10.9 Å². The number of amides is 1. The first-order valence-electron chi connectivity index (χ1n) is 5.18. The number of carbonyl (C=O) groups is 1. The van der Waals surface area contributed by atoms with Gasteiger partial charge in [0.05, 0.1) is 0 Å². The van der Waals surface area contributed by atoms with Gasteiger partial charge in [0, 0.05) is 29.5 Å². The van der Waals surface area contributed by atoms with E-state index >= 15 is 0 Å². The number of allylic oxidation sites excluding steroid dienone is 1. The number of hydrazine groups is 1. The maximum absolute atomic E-state index is 11.7. The molecule has 1 amide bonds. The van der Waals surface area contributed by atoms with Gasteiger partial charge in [0.15, 0.2) is 0 Å². The van der Waals surface area contributed by atoms with Gasteiger partial charge in [0.25, 0.3) is 5.91 Å². The lowest BCUT2D eigenvalue weighted by molar-refractivity contribution is 0.0938. The predicted octanol–water partition coefficient (Wildman–Crippen LogP) is 1.38. The summed E-state index contributed by atoms with van der Waals surface area (Å²) in [5.41, 5.74) is 5.42. The highest BCUT2D eigenvalue weighted by atomic mass is 79.9. The molecular weight excluding hydrogens is 298 g/mol. The summed E-state index contributed by atoms with van der Waals surface area (Å²) in [7, 11) is 0. The van der Waals surface area contributed by atoms with Crippen LogP contribution in [0.3, 0.4) is 0 Å². The van der Waals surface area contributed by atoms with Gasteiger partial charge in [-0.25, -0.2) is 9.98 Å². The lowest BCUT2D eigenvalue weighted by Crippen LogP contribution is -2.41. The molecule has 0 aromatic carbocycles. The third-order valence-electron chi connectivity index (χ3n) is 2.01. The topological polar surface area (TPSA) is 78.7 Å². The smallest absolute Gasteiger partial charge is 0.266 e. The van der Waals surface area contributed by atoms with Crippen molar-refractivity contribution in [1.82, 2.24) is 15.8 Å². The van der Waals surface area contributed by atoms with Crippen LogP contribution in [0.5, 0.6) is 0 Å². The minimum absolute atomic E-state index is 0.314. The average molecular weight is 308 g/mol. The lowest BCUT2D eigenvalue weighted by Gasteiger charge is -2.05. The number of aliphatic imine (C=N–C) groups is 2. The van der Waals surface area contributed by atoms with E-state index < -0.39 is 0 Å². The third-order valence-corrected chi connectivity index (χ3v) is 2.54. The Hall–Kier alpha value is -2.02. The zero-order chi connectivity index (χ0) is 12.8. The van der Waals surface area contributed by atoms with E-state index in [-0.39, 0.29) is 5.91 Å². The monoisotopic (exact) mass is 307 g/mol. The molecule has 1 aliphatic heterocycles. The molecule has 0 unspecified atom stereocenters. The second-order valence-electron chi connectivity index (χ2n) is 3.34. The molecule has 7 heteroatoms. The molecule has 1 aromatic heterocycles. The minimum atomic E-state index is -0.346. The van der Waals surface area contributed by atoms with E-state index in [0.29, 0.717) is 18.1 Å². The number of guanidine groups is 1. The first-order valence-corrected chi connectivity index (χ1v) is 5.97. The number of carbonyl (C=O) groups excluding carboxylic acids is 1. The van der Waals surface area contributed by atoms with Crippen molar-refractivity contribution in [3.05, 3.63) is 40.8 Å². The summed E-state index contributed by atoms with van der Waals surface area (Å²) in [6.45, 7) is 0. The van der Waals surface area contributed by atoms with Crippen molar-refractivity contribution in [3.8, 4) is 0 Å². The number of nitrogens with zero attached hydrogens (tertiary/aromatic N) is 3. The van der Waals surface area contributed by atoms with Crippen molar-refractivity contribution in [2.45, 2.75) is 6.42 Å². The second kappa shape index (κ2) is 6.06. The molecule has 0 saturated heterocycles. The molecule has 0 atom stereocenters. The van der Waals surface area contributed by atoms with E-state index in [2.05, 4.69) is 41.8 Å². The van der Waals surface area contributed by atoms with Crippen molar-refractivity contribution in [2.75, 3.05) is 0 Å². The summed E-state index contributed by atoms with van der Waals surface area (Å²) < 4.78 is 0.916. The molecule has 2 N–H and O–H groups in total. The fraction of sp³-hybridized carbons (Fsp3) is 0.0909. The van der Waals surface area contributed by atoms with Crippen molar-refractivity contribution in [2.24, 2.45) is 9.98 Å². The molecule has 18 heavy (non-hydrogen) atoms. The zero-order valence-corrected chi connectivity index (χ0v) is 10.9. The van der Waals surface area contributed by atoms with Crippen molar-refractivity contribution in [3.63, 3.8) is 0 Å². The maximum Gasteiger partial charge on any atom is 0.288 e. The van der Waals surface area contributed by atoms with Crippen LogP contribution in [0.2, 0.25) is 0 Å². The van der Waals surface area contributed by atoms with Crippen molar-refractivity contribution >= 4 is 34.0 Å². The lowest BCUT2D eigenvalue weighted by atomic mass is 10.3. The Kier molecular flexibility index (Phi) is 4.19. The molecule has 1 aromatic rings. The number of halogens is 1. The SMILES string of the molecule is O=C(NNC1=NC=C(Br)CC=N1)c1ccccn1. The van der Waals surface area contributed by atoms with Gasteiger partial charge in [-0.3, -0.25) is 20.6 Å². The summed E-state index contributed by atoms with van der Waals surface area (Å²) in [6, 6.07) is 5.10. The number of hydrogen-bond donors (Lipinski definition) is 2. The van der Waals surface area contributed by atoms with Gasteiger partial charge in [-0.15, -0.1) is 0 Å². The Morgan fingerprint density at radius 1 is 1.39 bits per heavy atom. The van der Waals surface area contributed by atoms with E-state index in [9.17, 15) is 4.79 Å². The number of aromatic nitrogens is 1. The van der Waals surface area contributed by atoms with E-state index in [1.165, 1.54) is 0 Å². The van der Waals surface area contributed by atoms with Crippen LogP contribution in [0, 0.1) is 0 Å². The van der Waals surface area contributed by atoms with Gasteiger partial charge in [0.1, 0.15) is 5.69 Å². The van der Waals surface area contributed by atoms with Gasteiger partial charge in [0.2, 0.25) is 5.96 Å². The Balaban J connectivity index is 1.94. The molecule has 1 aliphatic rings. The first-order chi connectivity index (χ1) is 8.75. The first kappa shape index (κ1) is 12.4. The van der Waals surface area contributed by atoms with Crippen LogP contribution in [-0.4, -0.2) is 23.1 Å². The molecule has 6 nitrogen and oxygen atoms in total. The van der Waals surface area contributed by atoms with Gasteiger partial charge in [-0.2, -0.15) is 0 Å². The molecule has 0 bridgehead atoms. The van der Waals surface area contributed by atoms with Gasteiger partial charge in [-0.1, -0.05) is 22.0 Å². The Bertz CT molecular complexity index is 523. The second-order valence-corrected chi connectivity index (χ2v) is 4.36. The molecule has 0 spiro atoms. The minimum Gasteiger partial charge on any atom is -0.266 e. The van der Waals surface area contributed by atoms with Crippen LogP contribution in [0.1, 0.15) is 16.9 Å².